The highest BCUT2D eigenvalue weighted by Gasteiger charge is 2.70. The first kappa shape index (κ1) is 110. The molecule has 8 aliphatic heterocycles. The summed E-state index contributed by atoms with van der Waals surface area (Å²) < 4.78 is 13.1. The van der Waals surface area contributed by atoms with Gasteiger partial charge in [0.15, 0.2) is 46.3 Å². The summed E-state index contributed by atoms with van der Waals surface area (Å²) in [6, 6.07) is 16.4. The quantitative estimate of drug-likeness (QED) is 0.0721. The number of nitrogens with zero attached hydrogens (tertiary/aromatic N) is 12. The van der Waals surface area contributed by atoms with Crippen molar-refractivity contribution >= 4 is 114 Å². The zero-order valence-corrected chi connectivity index (χ0v) is 92.8. The fourth-order valence-electron chi connectivity index (χ4n) is 28.4. The van der Waals surface area contributed by atoms with Crippen molar-refractivity contribution < 1.29 is 62.3 Å². The van der Waals surface area contributed by atoms with Gasteiger partial charge >= 0.3 is 0 Å². The fourth-order valence-corrected chi connectivity index (χ4v) is 28.4. The molecule has 12 aliphatic rings. The van der Waals surface area contributed by atoms with Crippen molar-refractivity contribution in [2.45, 2.75) is 511 Å². The van der Waals surface area contributed by atoms with E-state index in [0.717, 1.165) is 208 Å². The van der Waals surface area contributed by atoms with Crippen LogP contribution in [0.3, 0.4) is 0 Å². The van der Waals surface area contributed by atoms with Gasteiger partial charge in [0, 0.05) is 99.1 Å². The van der Waals surface area contributed by atoms with Gasteiger partial charge in [-0.15, -0.1) is 0 Å². The Morgan fingerprint density at radius 2 is 0.597 bits per heavy atom. The third-order valence-corrected chi connectivity index (χ3v) is 36.6. The molecule has 4 saturated carbocycles. The molecule has 8 bridgehead atoms. The Kier molecular flexibility index (Phi) is 34.8. The van der Waals surface area contributed by atoms with Crippen LogP contribution < -0.4 is 4.74 Å². The van der Waals surface area contributed by atoms with Gasteiger partial charge < -0.3 is 24.3 Å². The average Bonchev–Trinajstić information content (AvgIpc) is 1.54. The standard InChI is InChI=1S/C33H47N3O3.C31H43N3O4.C31H43N3O3.C29H39N3O3/c1-5-28(38)27-19-33-16-12-10-8-6-7-9-11-13-25-17-24(15-14-22(2)3)18-26-31(23(4)37)34-35(32(25)26)21-30(39)36(27)29(33)20-33;1-5-26(36)25-17-31-14-12-10-8-6-7-9-11-13-22-15-23(38-20(2)3)16-24-29(21(4)35)32-33(30(22)24)19-28(37)34(25)27(31)18-31;1-5-26(36)25-17-31-14-12-10-8-6-7-9-11-13-22-15-23(20(2)3)16-24-29(21(4)35)32-33(30(22)24)19-28(37)34(25)27(31)18-31;1-4-24(34)23-16-29-13-11-9-7-5-6-8-10-12-21-14-19(2)15-22-27(20(3)33)30-31(28(21)22)18-26(35)32(23)25(29)17-29/h17-18,22,27,29H,5-16,19-21H2,1-4H3;15-16,20,25,27H,5-14,17-19H2,1-4H3;15-16,20,25,27H,5-14,17-19H2,1-4H3;14-15,23,25H,4-13,16-18H2,1-3H3/t27-,29+,33-;2*25-,27+,31-;23-,25+,29-/m0000/s1. The van der Waals surface area contributed by atoms with Crippen molar-refractivity contribution in [2.24, 2.45) is 27.6 Å². The fraction of sp³-hybridized carbons (Fsp3) is 0.677. The number of piperidine rings is 4. The molecule has 8 aromatic rings. The molecule has 12 atom stereocenters. The number of carbonyl (C=O) groups excluding carboxylic acids is 12. The second kappa shape index (κ2) is 47.2. The monoisotopic (exact) mass is 2040 g/mol. The van der Waals surface area contributed by atoms with E-state index in [1.54, 1.807) is 39.5 Å². The number of hydrogen-bond acceptors (Lipinski definition) is 17. The van der Waals surface area contributed by atoms with Gasteiger partial charge in [-0.25, -0.2) is 0 Å². The maximum Gasteiger partial charge on any atom is 0.245 e. The molecule has 4 aromatic carbocycles. The highest BCUT2D eigenvalue weighted by Crippen LogP contribution is 2.66. The Labute approximate surface area is 884 Å². The minimum Gasteiger partial charge on any atom is -0.491 e. The topological polar surface area (TPSA) is 298 Å². The van der Waals surface area contributed by atoms with Gasteiger partial charge in [-0.2, -0.15) is 20.4 Å². The number of benzene rings is 4. The van der Waals surface area contributed by atoms with Crippen LogP contribution in [0, 0.1) is 34.5 Å². The van der Waals surface area contributed by atoms with Crippen LogP contribution in [0.5, 0.6) is 5.75 Å². The molecule has 0 unspecified atom stereocenters. The first-order chi connectivity index (χ1) is 71.6. The van der Waals surface area contributed by atoms with Crippen LogP contribution in [0.2, 0.25) is 0 Å². The number of aryl methyl sites for hydroxylation is 6. The van der Waals surface area contributed by atoms with E-state index in [2.05, 4.69) is 76.1 Å². The summed E-state index contributed by atoms with van der Waals surface area (Å²) in [4.78, 5) is 166. The van der Waals surface area contributed by atoms with Gasteiger partial charge in [0.2, 0.25) is 23.6 Å². The van der Waals surface area contributed by atoms with Gasteiger partial charge in [0.25, 0.3) is 0 Å². The lowest BCUT2D eigenvalue weighted by Crippen LogP contribution is -2.44. The van der Waals surface area contributed by atoms with E-state index in [-0.39, 0.29) is 172 Å². The largest absolute Gasteiger partial charge is 0.491 e. The average molecular weight is 2040 g/mol. The molecule has 149 heavy (non-hydrogen) atoms. The van der Waals surface area contributed by atoms with Gasteiger partial charge in [-0.3, -0.25) is 76.3 Å². The molecule has 25 nitrogen and oxygen atoms in total. The summed E-state index contributed by atoms with van der Waals surface area (Å²) >= 11 is 0. The molecule has 12 heterocycles. The predicted molar refractivity (Wildman–Crippen MR) is 585 cm³/mol. The third kappa shape index (κ3) is 23.8. The second-order valence-electron chi connectivity index (χ2n) is 48.6. The summed E-state index contributed by atoms with van der Waals surface area (Å²) in [5, 5.41) is 22.2. The van der Waals surface area contributed by atoms with Crippen molar-refractivity contribution in [2.75, 3.05) is 0 Å². The first-order valence-corrected chi connectivity index (χ1v) is 58.7. The Morgan fingerprint density at radius 1 is 0.329 bits per heavy atom. The number of hydrogen-bond donors (Lipinski definition) is 0. The third-order valence-electron chi connectivity index (χ3n) is 36.6. The Hall–Kier alpha value is -10.2. The Morgan fingerprint density at radius 3 is 0.886 bits per heavy atom. The Balaban J connectivity index is 0.000000135. The van der Waals surface area contributed by atoms with E-state index in [9.17, 15) is 57.5 Å². The summed E-state index contributed by atoms with van der Waals surface area (Å²) in [7, 11) is 0. The summed E-state index contributed by atoms with van der Waals surface area (Å²) in [5.74, 6) is 1.86. The first-order valence-electron chi connectivity index (χ1n) is 58.7. The number of Topliss-reactive ketones (excluding diaryl/α,β-unsaturated/α-hetero) is 8. The van der Waals surface area contributed by atoms with Crippen LogP contribution in [-0.2, 0) is 96.6 Å². The summed E-state index contributed by atoms with van der Waals surface area (Å²) in [6.45, 7) is 29.0. The lowest BCUT2D eigenvalue weighted by molar-refractivity contribution is -0.139. The van der Waals surface area contributed by atoms with Crippen LogP contribution in [0.4, 0.5) is 0 Å². The van der Waals surface area contributed by atoms with Crippen molar-refractivity contribution in [1.29, 1.82) is 0 Å². The molecule has 4 aliphatic carbocycles. The molecule has 8 fully saturated rings. The molecule has 4 aromatic heterocycles. The Bertz CT molecular complexity index is 6360. The van der Waals surface area contributed by atoms with Crippen LogP contribution in [0.1, 0.15) is 473 Å². The zero-order chi connectivity index (χ0) is 106. The predicted octanol–water partition coefficient (Wildman–Crippen LogP) is 24.8. The van der Waals surface area contributed by atoms with E-state index in [1.165, 1.54) is 182 Å². The maximum atomic E-state index is 14.0. The van der Waals surface area contributed by atoms with E-state index < -0.39 is 0 Å². The molecule has 0 radical (unpaired) electrons. The lowest BCUT2D eigenvalue weighted by atomic mass is 9.90. The molecular weight excluding hydrogens is 1870 g/mol. The smallest absolute Gasteiger partial charge is 0.245 e. The number of ether oxygens (including phenoxy) is 1. The molecule has 806 valence electrons. The molecule has 20 rings (SSSR count). The van der Waals surface area contributed by atoms with Gasteiger partial charge in [0.05, 0.1) is 52.3 Å². The van der Waals surface area contributed by atoms with E-state index in [0.29, 0.717) is 60.3 Å². The molecule has 0 N–H and O–H groups in total. The maximum absolute atomic E-state index is 14.0. The van der Waals surface area contributed by atoms with Crippen LogP contribution in [-0.4, -0.2) is 183 Å². The van der Waals surface area contributed by atoms with Crippen molar-refractivity contribution in [3.63, 3.8) is 0 Å². The summed E-state index contributed by atoms with van der Waals surface area (Å²) in [6.07, 6.45) is 53.2. The normalized spacial score (nSPS) is 26.7. The van der Waals surface area contributed by atoms with Crippen molar-refractivity contribution in [1.82, 2.24) is 58.7 Å². The number of ketones is 8. The SMILES string of the molecule is CCC(=O)[C@@H]1C[C@]23CCCCCCCCCc4cc(C(C)C)cc5c(C(C)=O)nn(c45)CC(=O)N1[C@@H]2C3.CCC(=O)[C@@H]1C[C@]23CCCCCCCCCc4cc(C)cc5c(C(C)=O)nn(c45)CC(=O)N1[C@@H]2C3.CCC(=O)[C@@H]1C[C@]23CCCCCCCCCc4cc(CCC(C)C)cc5c(C(C)=O)nn(c45)CC(=O)N1[C@@H]2C3.CCC(=O)[C@@H]1C[C@]23CCCCCCCCCc4cc(OC(C)C)cc5c(C(C)=O)nn(c45)CC(=O)N1[C@@H]2C3. The van der Waals surface area contributed by atoms with Gasteiger partial charge in [-0.05, 0) is 259 Å². The lowest BCUT2D eigenvalue weighted by Gasteiger charge is -2.26. The van der Waals surface area contributed by atoms with Crippen LogP contribution in [0.15, 0.2) is 48.5 Å². The van der Waals surface area contributed by atoms with Crippen molar-refractivity contribution in [3.8, 4) is 5.75 Å². The molecule has 25 heteroatoms. The second-order valence-corrected chi connectivity index (χ2v) is 48.6. The highest BCUT2D eigenvalue weighted by molar-refractivity contribution is 6.10. The molecular formula is C124H172N12O13. The van der Waals surface area contributed by atoms with Gasteiger partial charge in [-0.1, -0.05) is 233 Å². The van der Waals surface area contributed by atoms with Gasteiger partial charge in [0.1, 0.15) is 54.7 Å². The highest BCUT2D eigenvalue weighted by atomic mass is 16.5. The summed E-state index contributed by atoms with van der Waals surface area (Å²) in [5.41, 5.74) is 14.1. The molecule has 0 spiro atoms. The minimum absolute atomic E-state index is 0.00851. The van der Waals surface area contributed by atoms with E-state index >= 15 is 0 Å². The number of rotatable bonds is 18. The van der Waals surface area contributed by atoms with Crippen molar-refractivity contribution in [3.05, 3.63) is 110 Å². The van der Waals surface area contributed by atoms with E-state index in [4.69, 9.17) is 20.0 Å². The van der Waals surface area contributed by atoms with Crippen LogP contribution >= 0.6 is 0 Å². The number of amides is 4. The number of aromatic nitrogens is 8. The zero-order valence-electron chi connectivity index (χ0n) is 92.8. The van der Waals surface area contributed by atoms with E-state index in [1.807, 2.05) is 73.3 Å². The molecule has 4 amide bonds. The molecule has 4 saturated heterocycles. The minimum atomic E-state index is -0.329. The number of carbonyl (C=O) groups is 12. The van der Waals surface area contributed by atoms with Crippen LogP contribution in [0.25, 0.3) is 43.6 Å².